The number of urea groups is 1. The van der Waals surface area contributed by atoms with Crippen molar-refractivity contribution in [2.45, 2.75) is 19.9 Å². The standard InChI is InChI=1S/C13H18N2O3/c1-4-18-12(16)10(2)15(3)13(17)14-11-8-6-5-7-9-11/h5-10H,4H2,1-3H3,(H,14,17)/t10-/m1/s1. The van der Waals surface area contributed by atoms with Gasteiger partial charge in [0.05, 0.1) is 6.61 Å². The van der Waals surface area contributed by atoms with Gasteiger partial charge < -0.3 is 15.0 Å². The number of esters is 1. The molecule has 0 saturated carbocycles. The lowest BCUT2D eigenvalue weighted by Crippen LogP contribution is -2.43. The molecule has 2 amide bonds. The van der Waals surface area contributed by atoms with Crippen LogP contribution in [-0.4, -0.2) is 36.6 Å². The Balaban J connectivity index is 2.58. The number of likely N-dealkylation sites (N-methyl/N-ethyl adjacent to an activating group) is 1. The summed E-state index contributed by atoms with van der Waals surface area (Å²) in [5.74, 6) is -0.414. The lowest BCUT2D eigenvalue weighted by atomic mass is 10.3. The molecule has 0 aromatic heterocycles. The first-order valence-electron chi connectivity index (χ1n) is 5.81. The van der Waals surface area contributed by atoms with E-state index in [4.69, 9.17) is 4.74 Å². The zero-order valence-corrected chi connectivity index (χ0v) is 10.8. The van der Waals surface area contributed by atoms with Gasteiger partial charge in [-0.2, -0.15) is 0 Å². The minimum atomic E-state index is -0.617. The lowest BCUT2D eigenvalue weighted by molar-refractivity contribution is -0.147. The SMILES string of the molecule is CCOC(=O)[C@@H](C)N(C)C(=O)Nc1ccccc1. The Bertz CT molecular complexity index is 406. The van der Waals surface area contributed by atoms with Gasteiger partial charge in [-0.05, 0) is 26.0 Å². The first-order chi connectivity index (χ1) is 8.56. The van der Waals surface area contributed by atoms with E-state index in [9.17, 15) is 9.59 Å². The molecule has 0 saturated heterocycles. The Morgan fingerprint density at radius 1 is 1.33 bits per heavy atom. The molecule has 1 atom stereocenters. The van der Waals surface area contributed by atoms with Gasteiger partial charge in [0, 0.05) is 12.7 Å². The van der Waals surface area contributed by atoms with Crippen molar-refractivity contribution in [2.24, 2.45) is 0 Å². The number of rotatable bonds is 4. The van der Waals surface area contributed by atoms with E-state index >= 15 is 0 Å². The van der Waals surface area contributed by atoms with E-state index in [1.165, 1.54) is 4.90 Å². The number of nitrogens with one attached hydrogen (secondary N) is 1. The zero-order valence-electron chi connectivity index (χ0n) is 10.8. The molecule has 0 aliphatic carbocycles. The first-order valence-corrected chi connectivity index (χ1v) is 5.81. The van der Waals surface area contributed by atoms with Crippen molar-refractivity contribution in [3.63, 3.8) is 0 Å². The first kappa shape index (κ1) is 14.0. The topological polar surface area (TPSA) is 58.6 Å². The smallest absolute Gasteiger partial charge is 0.328 e. The Labute approximate surface area is 107 Å². The summed E-state index contributed by atoms with van der Waals surface area (Å²) in [4.78, 5) is 24.7. The van der Waals surface area contributed by atoms with Gasteiger partial charge in [-0.25, -0.2) is 9.59 Å². The summed E-state index contributed by atoms with van der Waals surface area (Å²) in [6.07, 6.45) is 0. The highest BCUT2D eigenvalue weighted by Crippen LogP contribution is 2.08. The van der Waals surface area contributed by atoms with Gasteiger partial charge in [0.25, 0.3) is 0 Å². The lowest BCUT2D eigenvalue weighted by Gasteiger charge is -2.23. The molecule has 0 spiro atoms. The highest BCUT2D eigenvalue weighted by molar-refractivity contribution is 5.92. The van der Waals surface area contributed by atoms with E-state index in [1.54, 1.807) is 33.0 Å². The summed E-state index contributed by atoms with van der Waals surface area (Å²) in [5, 5.41) is 2.70. The number of para-hydroxylation sites is 1. The fourth-order valence-corrected chi connectivity index (χ4v) is 1.33. The Hall–Kier alpha value is -2.04. The van der Waals surface area contributed by atoms with Crippen molar-refractivity contribution in [1.82, 2.24) is 4.90 Å². The molecule has 0 aliphatic rings. The van der Waals surface area contributed by atoms with Crippen LogP contribution in [0.1, 0.15) is 13.8 Å². The van der Waals surface area contributed by atoms with E-state index in [0.29, 0.717) is 12.3 Å². The van der Waals surface area contributed by atoms with Crippen molar-refractivity contribution in [3.8, 4) is 0 Å². The summed E-state index contributed by atoms with van der Waals surface area (Å²) >= 11 is 0. The molecule has 98 valence electrons. The highest BCUT2D eigenvalue weighted by Gasteiger charge is 2.23. The number of amides is 2. The van der Waals surface area contributed by atoms with Crippen LogP contribution in [0, 0.1) is 0 Å². The van der Waals surface area contributed by atoms with Crippen molar-refractivity contribution in [3.05, 3.63) is 30.3 Å². The molecule has 1 rings (SSSR count). The number of benzene rings is 1. The van der Waals surface area contributed by atoms with Gasteiger partial charge in [-0.15, -0.1) is 0 Å². The summed E-state index contributed by atoms with van der Waals surface area (Å²) in [7, 11) is 1.56. The number of ether oxygens (including phenoxy) is 1. The normalized spacial score (nSPS) is 11.5. The van der Waals surface area contributed by atoms with Gasteiger partial charge in [0.1, 0.15) is 6.04 Å². The monoisotopic (exact) mass is 250 g/mol. The molecule has 0 aliphatic heterocycles. The number of carbonyl (C=O) groups excluding carboxylic acids is 2. The Morgan fingerprint density at radius 3 is 2.50 bits per heavy atom. The predicted octanol–water partition coefficient (Wildman–Crippen LogP) is 2.10. The molecule has 0 fully saturated rings. The molecule has 1 aromatic carbocycles. The molecular weight excluding hydrogens is 232 g/mol. The van der Waals surface area contributed by atoms with Crippen LogP contribution in [0.5, 0.6) is 0 Å². The maximum Gasteiger partial charge on any atom is 0.328 e. The van der Waals surface area contributed by atoms with Crippen molar-refractivity contribution in [2.75, 3.05) is 19.0 Å². The third kappa shape index (κ3) is 3.76. The van der Waals surface area contributed by atoms with Crippen molar-refractivity contribution >= 4 is 17.7 Å². The molecule has 5 heteroatoms. The number of anilines is 1. The molecule has 0 heterocycles. The number of carbonyl (C=O) groups is 2. The van der Waals surface area contributed by atoms with Gasteiger partial charge in [0.15, 0.2) is 0 Å². The van der Waals surface area contributed by atoms with E-state index in [-0.39, 0.29) is 6.03 Å². The largest absolute Gasteiger partial charge is 0.464 e. The maximum absolute atomic E-state index is 11.9. The Kier molecular flexibility index (Phi) is 5.17. The number of hydrogen-bond acceptors (Lipinski definition) is 3. The summed E-state index contributed by atoms with van der Waals surface area (Å²) in [6, 6.07) is 8.10. The number of nitrogens with zero attached hydrogens (tertiary/aromatic N) is 1. The van der Waals surface area contributed by atoms with Gasteiger partial charge in [-0.1, -0.05) is 18.2 Å². The van der Waals surface area contributed by atoms with Gasteiger partial charge in [0.2, 0.25) is 0 Å². The van der Waals surface area contributed by atoms with E-state index < -0.39 is 12.0 Å². The van der Waals surface area contributed by atoms with Crippen LogP contribution in [-0.2, 0) is 9.53 Å². The van der Waals surface area contributed by atoms with E-state index in [1.807, 2.05) is 18.2 Å². The van der Waals surface area contributed by atoms with Crippen LogP contribution in [0.15, 0.2) is 30.3 Å². The summed E-state index contributed by atoms with van der Waals surface area (Å²) < 4.78 is 4.86. The zero-order chi connectivity index (χ0) is 13.5. The van der Waals surface area contributed by atoms with Crippen LogP contribution in [0.2, 0.25) is 0 Å². The third-order valence-corrected chi connectivity index (χ3v) is 2.55. The second-order valence-corrected chi connectivity index (χ2v) is 3.84. The van der Waals surface area contributed by atoms with Gasteiger partial charge in [-0.3, -0.25) is 0 Å². The van der Waals surface area contributed by atoms with Crippen LogP contribution in [0.4, 0.5) is 10.5 Å². The molecule has 5 nitrogen and oxygen atoms in total. The number of hydrogen-bond donors (Lipinski definition) is 1. The molecular formula is C13H18N2O3. The summed E-state index contributed by atoms with van der Waals surface area (Å²) in [6.45, 7) is 3.66. The van der Waals surface area contributed by atoms with Crippen molar-refractivity contribution in [1.29, 1.82) is 0 Å². The molecule has 0 unspecified atom stereocenters. The second-order valence-electron chi connectivity index (χ2n) is 3.84. The molecule has 18 heavy (non-hydrogen) atoms. The fraction of sp³-hybridized carbons (Fsp3) is 0.385. The van der Waals surface area contributed by atoms with Crippen LogP contribution in [0.25, 0.3) is 0 Å². The molecule has 1 N–H and O–H groups in total. The van der Waals surface area contributed by atoms with E-state index in [2.05, 4.69) is 5.32 Å². The Morgan fingerprint density at radius 2 is 1.94 bits per heavy atom. The van der Waals surface area contributed by atoms with Crippen molar-refractivity contribution < 1.29 is 14.3 Å². The van der Waals surface area contributed by atoms with Gasteiger partial charge >= 0.3 is 12.0 Å². The predicted molar refractivity (Wildman–Crippen MR) is 69.3 cm³/mol. The van der Waals surface area contributed by atoms with E-state index in [0.717, 1.165) is 0 Å². The van der Waals surface area contributed by atoms with Crippen LogP contribution in [0.3, 0.4) is 0 Å². The average molecular weight is 250 g/mol. The quantitative estimate of drug-likeness (QED) is 0.832. The fourth-order valence-electron chi connectivity index (χ4n) is 1.33. The second kappa shape index (κ2) is 6.64. The van der Waals surface area contributed by atoms with Crippen LogP contribution >= 0.6 is 0 Å². The third-order valence-electron chi connectivity index (χ3n) is 2.55. The maximum atomic E-state index is 11.9. The molecule has 0 bridgehead atoms. The molecule has 1 aromatic rings. The van der Waals surface area contributed by atoms with Crippen LogP contribution < -0.4 is 5.32 Å². The highest BCUT2D eigenvalue weighted by atomic mass is 16.5. The minimum absolute atomic E-state index is 0.303. The summed E-state index contributed by atoms with van der Waals surface area (Å²) in [5.41, 5.74) is 0.686. The molecule has 0 radical (unpaired) electrons. The average Bonchev–Trinajstić information content (AvgIpc) is 2.38. The minimum Gasteiger partial charge on any atom is -0.464 e.